The Hall–Kier alpha value is -4.13. The van der Waals surface area contributed by atoms with Gasteiger partial charge in [-0.1, -0.05) is 12.8 Å². The number of aromatic nitrogens is 2. The molecule has 2 fully saturated rings. The summed E-state index contributed by atoms with van der Waals surface area (Å²) in [4.78, 5) is 50.8. The van der Waals surface area contributed by atoms with Crippen LogP contribution in [-0.2, 0) is 4.79 Å². The van der Waals surface area contributed by atoms with Crippen molar-refractivity contribution in [3.8, 4) is 5.75 Å². The van der Waals surface area contributed by atoms with Crippen LogP contribution >= 0.6 is 0 Å². The third kappa shape index (κ3) is 5.60. The molecule has 3 aliphatic rings. The number of likely N-dealkylation sites (tertiary alicyclic amines) is 1. The third-order valence-corrected chi connectivity index (χ3v) is 7.84. The summed E-state index contributed by atoms with van der Waals surface area (Å²) in [6.07, 6.45) is 7.21. The minimum absolute atomic E-state index is 0.00963. The van der Waals surface area contributed by atoms with Gasteiger partial charge in [0.15, 0.2) is 5.82 Å². The summed E-state index contributed by atoms with van der Waals surface area (Å²) >= 11 is 0. The fourth-order valence-corrected chi connectivity index (χ4v) is 5.60. The zero-order valence-corrected chi connectivity index (χ0v) is 23.2. The molecule has 1 aliphatic carbocycles. The molecule has 1 saturated carbocycles. The van der Waals surface area contributed by atoms with E-state index in [1.165, 1.54) is 17.0 Å². The van der Waals surface area contributed by atoms with Gasteiger partial charge in [-0.25, -0.2) is 14.8 Å². The van der Waals surface area contributed by atoms with Crippen LogP contribution in [0.5, 0.6) is 5.75 Å². The van der Waals surface area contributed by atoms with Crippen LogP contribution < -0.4 is 31.0 Å². The number of amides is 4. The highest BCUT2D eigenvalue weighted by atomic mass is 16.5. The molecule has 214 valence electrons. The minimum atomic E-state index is -0.606. The Kier molecular flexibility index (Phi) is 7.92. The van der Waals surface area contributed by atoms with Gasteiger partial charge in [-0.05, 0) is 64.0 Å². The van der Waals surface area contributed by atoms with E-state index in [1.807, 2.05) is 0 Å². The Bertz CT molecular complexity index is 1270. The van der Waals surface area contributed by atoms with Gasteiger partial charge in [0, 0.05) is 18.7 Å². The fraction of sp³-hybridized carbons (Fsp3) is 0.519. The zero-order chi connectivity index (χ0) is 28.4. The number of hydrazine groups is 1. The van der Waals surface area contributed by atoms with Crippen molar-refractivity contribution in [1.29, 1.82) is 0 Å². The second kappa shape index (κ2) is 11.5. The highest BCUT2D eigenvalue weighted by Gasteiger charge is 2.41. The Morgan fingerprint density at radius 2 is 1.85 bits per heavy atom. The molecule has 0 spiro atoms. The number of urea groups is 1. The van der Waals surface area contributed by atoms with Gasteiger partial charge in [-0.15, -0.1) is 0 Å². The number of anilines is 4. The van der Waals surface area contributed by atoms with E-state index in [0.29, 0.717) is 28.5 Å². The van der Waals surface area contributed by atoms with Crippen LogP contribution in [0.4, 0.5) is 27.9 Å². The van der Waals surface area contributed by atoms with Crippen molar-refractivity contribution in [1.82, 2.24) is 25.2 Å². The molecule has 13 heteroatoms. The normalized spacial score (nSPS) is 18.6. The van der Waals surface area contributed by atoms with Crippen LogP contribution in [0.3, 0.4) is 0 Å². The lowest BCUT2D eigenvalue weighted by Crippen LogP contribution is -2.61. The SMILES string of the molecule is COc1cc(C(=O)NC2CCN(C)CC2)ccc1Nc1ncc2c(n1)N(C1CCCC1)N(CC(N)=O)C(=O)N2C. The summed E-state index contributed by atoms with van der Waals surface area (Å²) in [5.41, 5.74) is 7.12. The average molecular weight is 552 g/mol. The molecule has 1 aromatic heterocycles. The van der Waals surface area contributed by atoms with Gasteiger partial charge in [0.25, 0.3) is 5.91 Å². The van der Waals surface area contributed by atoms with Gasteiger partial charge in [0.1, 0.15) is 18.0 Å². The molecule has 1 aromatic carbocycles. The summed E-state index contributed by atoms with van der Waals surface area (Å²) in [6, 6.07) is 4.98. The molecule has 3 heterocycles. The van der Waals surface area contributed by atoms with Crippen molar-refractivity contribution < 1.29 is 19.1 Å². The van der Waals surface area contributed by atoms with Crippen LogP contribution in [-0.4, -0.2) is 90.6 Å². The first-order valence-electron chi connectivity index (χ1n) is 13.7. The van der Waals surface area contributed by atoms with E-state index in [2.05, 4.69) is 27.6 Å². The second-order valence-corrected chi connectivity index (χ2v) is 10.6. The number of carbonyl (C=O) groups is 3. The summed E-state index contributed by atoms with van der Waals surface area (Å²) in [5, 5.41) is 9.49. The number of benzene rings is 1. The second-order valence-electron chi connectivity index (χ2n) is 10.6. The Labute approximate surface area is 233 Å². The predicted octanol–water partition coefficient (Wildman–Crippen LogP) is 2.07. The molecule has 0 bridgehead atoms. The highest BCUT2D eigenvalue weighted by molar-refractivity contribution is 6.00. The van der Waals surface area contributed by atoms with Crippen LogP contribution in [0.15, 0.2) is 24.4 Å². The maximum atomic E-state index is 13.2. The number of hydrogen-bond donors (Lipinski definition) is 3. The lowest BCUT2D eigenvalue weighted by Gasteiger charge is -2.45. The number of methoxy groups -OCH3 is 1. The van der Waals surface area contributed by atoms with Crippen molar-refractivity contribution in [3.63, 3.8) is 0 Å². The molecule has 40 heavy (non-hydrogen) atoms. The van der Waals surface area contributed by atoms with Gasteiger partial charge in [0.05, 0.1) is 25.0 Å². The first-order valence-corrected chi connectivity index (χ1v) is 13.7. The van der Waals surface area contributed by atoms with E-state index in [4.69, 9.17) is 15.5 Å². The number of rotatable bonds is 8. The van der Waals surface area contributed by atoms with Crippen molar-refractivity contribution in [2.75, 3.05) is 56.1 Å². The summed E-state index contributed by atoms with van der Waals surface area (Å²) in [7, 11) is 5.25. The Balaban J connectivity index is 1.39. The molecule has 2 aliphatic heterocycles. The minimum Gasteiger partial charge on any atom is -0.495 e. The topological polar surface area (TPSA) is 149 Å². The maximum absolute atomic E-state index is 13.2. The predicted molar refractivity (Wildman–Crippen MR) is 151 cm³/mol. The maximum Gasteiger partial charge on any atom is 0.343 e. The van der Waals surface area contributed by atoms with Gasteiger partial charge in [0.2, 0.25) is 11.9 Å². The Morgan fingerprint density at radius 3 is 2.52 bits per heavy atom. The van der Waals surface area contributed by atoms with Crippen molar-refractivity contribution >= 4 is 41.0 Å². The molecule has 1 saturated heterocycles. The zero-order valence-electron chi connectivity index (χ0n) is 23.2. The van der Waals surface area contributed by atoms with E-state index in [9.17, 15) is 14.4 Å². The van der Waals surface area contributed by atoms with Crippen LogP contribution in [0.1, 0.15) is 48.9 Å². The van der Waals surface area contributed by atoms with Crippen molar-refractivity contribution in [2.45, 2.75) is 50.6 Å². The summed E-state index contributed by atoms with van der Waals surface area (Å²) < 4.78 is 5.59. The quantitative estimate of drug-likeness (QED) is 0.448. The van der Waals surface area contributed by atoms with Crippen LogP contribution in [0.25, 0.3) is 0 Å². The number of fused-ring (bicyclic) bond motifs is 1. The van der Waals surface area contributed by atoms with Crippen molar-refractivity contribution in [2.24, 2.45) is 5.73 Å². The smallest absolute Gasteiger partial charge is 0.343 e. The number of primary amides is 1. The number of nitrogens with one attached hydrogen (secondary N) is 2. The van der Waals surface area contributed by atoms with Gasteiger partial charge >= 0.3 is 6.03 Å². The first-order chi connectivity index (χ1) is 19.2. The molecular weight excluding hydrogens is 514 g/mol. The molecule has 0 unspecified atom stereocenters. The largest absolute Gasteiger partial charge is 0.495 e. The molecular formula is C27H37N9O4. The van der Waals surface area contributed by atoms with Gasteiger partial charge < -0.3 is 26.0 Å². The molecule has 4 N–H and O–H groups in total. The summed E-state index contributed by atoms with van der Waals surface area (Å²) in [5.74, 6) is 0.517. The average Bonchev–Trinajstić information content (AvgIpc) is 3.47. The summed E-state index contributed by atoms with van der Waals surface area (Å²) in [6.45, 7) is 1.67. The number of ether oxygens (including phenoxy) is 1. The molecule has 13 nitrogen and oxygen atoms in total. The molecule has 2 aromatic rings. The van der Waals surface area contributed by atoms with E-state index in [1.54, 1.807) is 36.5 Å². The first kappa shape index (κ1) is 27.4. The molecule has 5 rings (SSSR count). The van der Waals surface area contributed by atoms with E-state index < -0.39 is 5.91 Å². The standard InChI is InChI=1S/C27H37N9O4/c1-33-12-10-18(11-13-33)30-25(38)17-8-9-20(22(14-17)40-3)31-26-29-15-21-24(32-26)36(19-6-4-5-7-19)35(16-23(28)37)27(39)34(21)2/h8-9,14-15,18-19H,4-7,10-13,16H2,1-3H3,(H2,28,37)(H,30,38)(H,29,31,32). The van der Waals surface area contributed by atoms with Crippen LogP contribution in [0.2, 0.25) is 0 Å². The van der Waals surface area contributed by atoms with Gasteiger partial charge in [-0.2, -0.15) is 4.98 Å². The third-order valence-electron chi connectivity index (χ3n) is 7.84. The lowest BCUT2D eigenvalue weighted by atomic mass is 10.0. The number of carbonyl (C=O) groups excluding carboxylic acids is 3. The number of nitrogens with zero attached hydrogens (tertiary/aromatic N) is 6. The van der Waals surface area contributed by atoms with Crippen molar-refractivity contribution in [3.05, 3.63) is 30.0 Å². The molecule has 4 amide bonds. The number of hydrogen-bond acceptors (Lipinski definition) is 9. The van der Waals surface area contributed by atoms with Crippen LogP contribution in [0, 0.1) is 0 Å². The van der Waals surface area contributed by atoms with E-state index >= 15 is 0 Å². The lowest BCUT2D eigenvalue weighted by molar-refractivity contribution is -0.118. The Morgan fingerprint density at radius 1 is 1.12 bits per heavy atom. The number of piperidine rings is 1. The van der Waals surface area contributed by atoms with E-state index in [0.717, 1.165) is 51.6 Å². The van der Waals surface area contributed by atoms with E-state index in [-0.39, 0.29) is 36.5 Å². The molecule has 0 radical (unpaired) electrons. The number of nitrogens with two attached hydrogens (primary N) is 1. The fourth-order valence-electron chi connectivity index (χ4n) is 5.60. The monoisotopic (exact) mass is 551 g/mol. The van der Waals surface area contributed by atoms with Gasteiger partial charge in [-0.3, -0.25) is 19.5 Å². The highest BCUT2D eigenvalue weighted by Crippen LogP contribution is 2.39. The molecule has 0 atom stereocenters.